The van der Waals surface area contributed by atoms with Crippen LogP contribution in [0.3, 0.4) is 0 Å². The predicted octanol–water partition coefficient (Wildman–Crippen LogP) is 2.18. The highest BCUT2D eigenvalue weighted by molar-refractivity contribution is 7.91. The van der Waals surface area contributed by atoms with Crippen molar-refractivity contribution in [3.05, 3.63) is 42.0 Å². The summed E-state index contributed by atoms with van der Waals surface area (Å²) in [5.74, 6) is -0.145. The summed E-state index contributed by atoms with van der Waals surface area (Å²) in [6, 6.07) is 6.68. The molecule has 22 heavy (non-hydrogen) atoms. The number of carbonyl (C=O) groups is 1. The van der Waals surface area contributed by atoms with E-state index < -0.39 is 10.0 Å². The molecule has 8 heteroatoms. The van der Waals surface area contributed by atoms with Crippen molar-refractivity contribution in [2.24, 2.45) is 0 Å². The average Bonchev–Trinajstić information content (AvgIpc) is 3.03. The van der Waals surface area contributed by atoms with Gasteiger partial charge in [0.25, 0.3) is 10.0 Å². The molecule has 2 aromatic rings. The number of carbonyl (C=O) groups excluding carboxylic acids is 1. The summed E-state index contributed by atoms with van der Waals surface area (Å²) in [5, 5.41) is 4.46. The van der Waals surface area contributed by atoms with Crippen LogP contribution in [0.25, 0.3) is 0 Å². The third kappa shape index (κ3) is 4.36. The molecule has 0 unspecified atom stereocenters. The fraction of sp³-hybridized carbons (Fsp3) is 0.286. The van der Waals surface area contributed by atoms with Crippen LogP contribution in [0.15, 0.2) is 46.2 Å². The van der Waals surface area contributed by atoms with Crippen molar-refractivity contribution < 1.29 is 13.2 Å². The smallest absolute Gasteiger partial charge is 0.252 e. The molecule has 0 fully saturated rings. The van der Waals surface area contributed by atoms with E-state index in [0.717, 1.165) is 0 Å². The van der Waals surface area contributed by atoms with Crippen LogP contribution in [-0.2, 0) is 14.8 Å². The maximum Gasteiger partial charge on any atom is 0.252 e. The van der Waals surface area contributed by atoms with E-state index in [0.29, 0.717) is 22.9 Å². The first kappa shape index (κ1) is 16.6. The lowest BCUT2D eigenvalue weighted by Crippen LogP contribution is -2.28. The predicted molar refractivity (Wildman–Crippen MR) is 86.2 cm³/mol. The van der Waals surface area contributed by atoms with Crippen LogP contribution in [0, 0.1) is 0 Å². The molecule has 118 valence electrons. The minimum atomic E-state index is -3.44. The van der Waals surface area contributed by atoms with Gasteiger partial charge in [0, 0.05) is 38.1 Å². The van der Waals surface area contributed by atoms with Gasteiger partial charge < -0.3 is 5.32 Å². The van der Waals surface area contributed by atoms with Gasteiger partial charge in [0.2, 0.25) is 5.91 Å². The SMILES string of the molecule is CN(CCCC(=O)Nc1ccncc1)S(=O)(=O)c1cccs1. The van der Waals surface area contributed by atoms with E-state index in [9.17, 15) is 13.2 Å². The second kappa shape index (κ2) is 7.48. The fourth-order valence-corrected chi connectivity index (χ4v) is 4.22. The van der Waals surface area contributed by atoms with Crippen molar-refractivity contribution in [1.82, 2.24) is 9.29 Å². The Morgan fingerprint density at radius 1 is 1.32 bits per heavy atom. The monoisotopic (exact) mass is 339 g/mol. The van der Waals surface area contributed by atoms with Crippen LogP contribution in [0.5, 0.6) is 0 Å². The zero-order valence-electron chi connectivity index (χ0n) is 12.1. The molecule has 0 saturated carbocycles. The molecule has 2 heterocycles. The van der Waals surface area contributed by atoms with E-state index in [-0.39, 0.29) is 12.3 Å². The molecule has 0 aliphatic rings. The Bertz CT molecular complexity index is 700. The minimum absolute atomic E-state index is 0.145. The van der Waals surface area contributed by atoms with Crippen LogP contribution < -0.4 is 5.32 Å². The number of nitrogens with zero attached hydrogens (tertiary/aromatic N) is 2. The van der Waals surface area contributed by atoms with Crippen molar-refractivity contribution in [3.8, 4) is 0 Å². The second-order valence-electron chi connectivity index (χ2n) is 4.65. The third-order valence-electron chi connectivity index (χ3n) is 3.00. The topological polar surface area (TPSA) is 79.4 Å². The molecule has 6 nitrogen and oxygen atoms in total. The number of sulfonamides is 1. The molecule has 1 amide bonds. The first-order valence-electron chi connectivity index (χ1n) is 6.70. The summed E-state index contributed by atoms with van der Waals surface area (Å²) < 4.78 is 26.0. The highest BCUT2D eigenvalue weighted by Crippen LogP contribution is 2.20. The van der Waals surface area contributed by atoms with E-state index in [4.69, 9.17) is 0 Å². The van der Waals surface area contributed by atoms with Gasteiger partial charge >= 0.3 is 0 Å². The van der Waals surface area contributed by atoms with Crippen LogP contribution in [-0.4, -0.2) is 37.2 Å². The lowest BCUT2D eigenvalue weighted by atomic mass is 10.3. The zero-order valence-corrected chi connectivity index (χ0v) is 13.7. The first-order chi connectivity index (χ1) is 10.5. The molecule has 0 saturated heterocycles. The quantitative estimate of drug-likeness (QED) is 0.838. The van der Waals surface area contributed by atoms with Crippen molar-refractivity contribution in [1.29, 1.82) is 0 Å². The highest BCUT2D eigenvalue weighted by atomic mass is 32.2. The Morgan fingerprint density at radius 2 is 2.05 bits per heavy atom. The number of nitrogens with one attached hydrogen (secondary N) is 1. The zero-order chi connectivity index (χ0) is 16.0. The Morgan fingerprint density at radius 3 is 2.68 bits per heavy atom. The van der Waals surface area contributed by atoms with Gasteiger partial charge in [-0.05, 0) is 30.0 Å². The number of aromatic nitrogens is 1. The summed E-state index contributed by atoms with van der Waals surface area (Å²) in [7, 11) is -1.92. The van der Waals surface area contributed by atoms with E-state index in [1.165, 1.54) is 22.7 Å². The molecule has 0 atom stereocenters. The summed E-state index contributed by atoms with van der Waals surface area (Å²) in [5.41, 5.74) is 0.680. The molecule has 0 aliphatic carbocycles. The van der Waals surface area contributed by atoms with Gasteiger partial charge in [0.15, 0.2) is 0 Å². The van der Waals surface area contributed by atoms with Crippen molar-refractivity contribution in [2.45, 2.75) is 17.1 Å². The number of hydrogen-bond donors (Lipinski definition) is 1. The number of amides is 1. The average molecular weight is 339 g/mol. The largest absolute Gasteiger partial charge is 0.326 e. The number of anilines is 1. The van der Waals surface area contributed by atoms with Gasteiger partial charge in [-0.25, -0.2) is 12.7 Å². The number of pyridine rings is 1. The molecule has 2 aromatic heterocycles. The molecule has 2 rings (SSSR count). The Labute approximate surface area is 133 Å². The standard InChI is InChI=1S/C14H17N3O3S2/c1-17(22(19,20)14-5-3-11-21-14)10-2-4-13(18)16-12-6-8-15-9-7-12/h3,5-9,11H,2,4,10H2,1H3,(H,15,16,18). The molecule has 1 N–H and O–H groups in total. The van der Waals surface area contributed by atoms with Crippen molar-refractivity contribution in [3.63, 3.8) is 0 Å². The van der Waals surface area contributed by atoms with E-state index in [2.05, 4.69) is 10.3 Å². The van der Waals surface area contributed by atoms with Crippen LogP contribution >= 0.6 is 11.3 Å². The van der Waals surface area contributed by atoms with E-state index in [1.54, 1.807) is 42.0 Å². The fourth-order valence-electron chi connectivity index (χ4n) is 1.81. The number of hydrogen-bond acceptors (Lipinski definition) is 5. The molecular formula is C14H17N3O3S2. The van der Waals surface area contributed by atoms with Crippen molar-refractivity contribution >= 4 is 33.0 Å². The van der Waals surface area contributed by atoms with Gasteiger partial charge in [-0.2, -0.15) is 0 Å². The van der Waals surface area contributed by atoms with Crippen LogP contribution in [0.4, 0.5) is 5.69 Å². The summed E-state index contributed by atoms with van der Waals surface area (Å²) >= 11 is 1.18. The van der Waals surface area contributed by atoms with E-state index >= 15 is 0 Å². The Hall–Kier alpha value is -1.77. The number of rotatable bonds is 7. The second-order valence-corrected chi connectivity index (χ2v) is 7.87. The molecule has 0 bridgehead atoms. The Kier molecular flexibility index (Phi) is 5.64. The maximum absolute atomic E-state index is 12.2. The van der Waals surface area contributed by atoms with Gasteiger partial charge in [0.05, 0.1) is 0 Å². The molecule has 0 spiro atoms. The summed E-state index contributed by atoms with van der Waals surface area (Å²) in [4.78, 5) is 15.6. The minimum Gasteiger partial charge on any atom is -0.326 e. The van der Waals surface area contributed by atoms with Crippen LogP contribution in [0.2, 0.25) is 0 Å². The normalized spacial score (nSPS) is 11.5. The molecule has 0 aromatic carbocycles. The highest BCUT2D eigenvalue weighted by Gasteiger charge is 2.21. The van der Waals surface area contributed by atoms with Gasteiger partial charge in [-0.1, -0.05) is 6.07 Å². The first-order valence-corrected chi connectivity index (χ1v) is 9.02. The Balaban J connectivity index is 1.80. The lowest BCUT2D eigenvalue weighted by molar-refractivity contribution is -0.116. The van der Waals surface area contributed by atoms with Crippen LogP contribution in [0.1, 0.15) is 12.8 Å². The summed E-state index contributed by atoms with van der Waals surface area (Å²) in [6.07, 6.45) is 3.90. The summed E-state index contributed by atoms with van der Waals surface area (Å²) in [6.45, 7) is 0.296. The van der Waals surface area contributed by atoms with Gasteiger partial charge in [0.1, 0.15) is 4.21 Å². The van der Waals surface area contributed by atoms with Crippen molar-refractivity contribution in [2.75, 3.05) is 18.9 Å². The van der Waals surface area contributed by atoms with E-state index in [1.807, 2.05) is 0 Å². The molecule has 0 aliphatic heterocycles. The molecular weight excluding hydrogens is 322 g/mol. The number of thiophene rings is 1. The van der Waals surface area contributed by atoms with Gasteiger partial charge in [-0.15, -0.1) is 11.3 Å². The molecule has 0 radical (unpaired) electrons. The maximum atomic E-state index is 12.2. The lowest BCUT2D eigenvalue weighted by Gasteiger charge is -2.15. The third-order valence-corrected chi connectivity index (χ3v) is 6.23. The van der Waals surface area contributed by atoms with Gasteiger partial charge in [-0.3, -0.25) is 9.78 Å².